The van der Waals surface area contributed by atoms with Crippen LogP contribution < -0.4 is 10.6 Å². The van der Waals surface area contributed by atoms with E-state index in [1.165, 1.54) is 12.0 Å². The monoisotopic (exact) mass is 416 g/mol. The van der Waals surface area contributed by atoms with Crippen molar-refractivity contribution >= 4 is 5.96 Å². The molecule has 6 heteroatoms. The second kappa shape index (κ2) is 11.1. The Bertz CT molecular complexity index is 650. The molecule has 2 aliphatic heterocycles. The lowest BCUT2D eigenvalue weighted by atomic mass is 10.0. The third-order valence-electron chi connectivity index (χ3n) is 6.09. The largest absolute Gasteiger partial charge is 0.376 e. The smallest absolute Gasteiger partial charge is 0.193 e. The molecule has 0 saturated carbocycles. The van der Waals surface area contributed by atoms with Crippen molar-refractivity contribution < 1.29 is 9.47 Å². The fourth-order valence-corrected chi connectivity index (χ4v) is 4.35. The van der Waals surface area contributed by atoms with Crippen molar-refractivity contribution in [1.82, 2.24) is 15.5 Å². The van der Waals surface area contributed by atoms with Crippen LogP contribution in [-0.4, -0.2) is 68.5 Å². The molecule has 168 valence electrons. The highest BCUT2D eigenvalue weighted by Crippen LogP contribution is 2.19. The Labute approximate surface area is 182 Å². The molecule has 2 aliphatic rings. The molecule has 0 aromatic heterocycles. The van der Waals surface area contributed by atoms with Gasteiger partial charge in [-0.25, -0.2) is 0 Å². The van der Waals surface area contributed by atoms with E-state index in [9.17, 15) is 0 Å². The molecule has 2 saturated heterocycles. The molecule has 2 fully saturated rings. The predicted octanol–water partition coefficient (Wildman–Crippen LogP) is 3.35. The van der Waals surface area contributed by atoms with E-state index in [4.69, 9.17) is 9.47 Å². The Morgan fingerprint density at radius 1 is 1.23 bits per heavy atom. The zero-order chi connectivity index (χ0) is 21.4. The molecule has 1 aromatic rings. The number of likely N-dealkylation sites (tertiary alicyclic amines) is 1. The molecule has 1 aromatic carbocycles. The summed E-state index contributed by atoms with van der Waals surface area (Å²) in [6, 6.07) is 10.9. The Kier molecular flexibility index (Phi) is 8.54. The molecule has 6 nitrogen and oxygen atoms in total. The van der Waals surface area contributed by atoms with E-state index in [1.807, 2.05) is 7.05 Å². The van der Waals surface area contributed by atoms with Gasteiger partial charge in [0.05, 0.1) is 18.8 Å². The standard InChI is InChI=1S/C24H40N4O2/c1-19(20-9-6-5-7-10-20)27-24(2,3)18-26-23(25-4)28-14-12-21(13-15-28)30-17-22-11-8-16-29-22/h5-7,9-10,19,21-22,27H,8,11-18H2,1-4H3,(H,25,26). The van der Waals surface area contributed by atoms with Gasteiger partial charge in [-0.2, -0.15) is 0 Å². The minimum absolute atomic E-state index is 0.0616. The highest BCUT2D eigenvalue weighted by molar-refractivity contribution is 5.80. The second-order valence-electron chi connectivity index (χ2n) is 9.22. The van der Waals surface area contributed by atoms with Crippen LogP contribution in [0.3, 0.4) is 0 Å². The van der Waals surface area contributed by atoms with E-state index in [0.29, 0.717) is 18.2 Å². The van der Waals surface area contributed by atoms with Crippen LogP contribution in [0.2, 0.25) is 0 Å². The number of piperidine rings is 1. The highest BCUT2D eigenvalue weighted by atomic mass is 16.5. The molecular weight excluding hydrogens is 376 g/mol. The van der Waals surface area contributed by atoms with Gasteiger partial charge in [0, 0.05) is 44.9 Å². The van der Waals surface area contributed by atoms with Gasteiger partial charge in [0.2, 0.25) is 0 Å². The molecule has 0 radical (unpaired) electrons. The first-order valence-corrected chi connectivity index (χ1v) is 11.5. The molecular formula is C24H40N4O2. The Hall–Kier alpha value is -1.63. The predicted molar refractivity (Wildman–Crippen MR) is 123 cm³/mol. The Morgan fingerprint density at radius 2 is 1.97 bits per heavy atom. The second-order valence-corrected chi connectivity index (χ2v) is 9.22. The number of hydrogen-bond acceptors (Lipinski definition) is 4. The third kappa shape index (κ3) is 6.96. The first kappa shape index (κ1) is 23.0. The maximum atomic E-state index is 6.11. The molecule has 0 spiro atoms. The molecule has 2 N–H and O–H groups in total. The number of aliphatic imine (C=N–C) groups is 1. The van der Waals surface area contributed by atoms with Gasteiger partial charge in [0.1, 0.15) is 0 Å². The topological polar surface area (TPSA) is 58.1 Å². The first-order valence-electron chi connectivity index (χ1n) is 11.5. The minimum Gasteiger partial charge on any atom is -0.376 e. The molecule has 0 bridgehead atoms. The van der Waals surface area contributed by atoms with E-state index in [1.54, 1.807) is 0 Å². The molecule has 2 atom stereocenters. The summed E-state index contributed by atoms with van der Waals surface area (Å²) in [7, 11) is 1.87. The molecule has 30 heavy (non-hydrogen) atoms. The zero-order valence-electron chi connectivity index (χ0n) is 19.2. The fourth-order valence-electron chi connectivity index (χ4n) is 4.35. The van der Waals surface area contributed by atoms with Crippen molar-refractivity contribution in [2.75, 3.05) is 39.9 Å². The summed E-state index contributed by atoms with van der Waals surface area (Å²) >= 11 is 0. The van der Waals surface area contributed by atoms with E-state index >= 15 is 0 Å². The summed E-state index contributed by atoms with van der Waals surface area (Å²) in [6.07, 6.45) is 5.05. The summed E-state index contributed by atoms with van der Waals surface area (Å²) in [6.45, 7) is 11.1. The van der Waals surface area contributed by atoms with Gasteiger partial charge in [0.25, 0.3) is 0 Å². The average Bonchev–Trinajstić information content (AvgIpc) is 3.27. The number of nitrogens with one attached hydrogen (secondary N) is 2. The number of rotatable bonds is 8. The van der Waals surface area contributed by atoms with Crippen LogP contribution in [0.25, 0.3) is 0 Å². The molecule has 0 aliphatic carbocycles. The van der Waals surface area contributed by atoms with Gasteiger partial charge >= 0.3 is 0 Å². The molecule has 2 unspecified atom stereocenters. The van der Waals surface area contributed by atoms with Gasteiger partial charge in [-0.05, 0) is 52.0 Å². The number of benzene rings is 1. The lowest BCUT2D eigenvalue weighted by Crippen LogP contribution is -2.54. The van der Waals surface area contributed by atoms with E-state index in [0.717, 1.165) is 58.1 Å². The summed E-state index contributed by atoms with van der Waals surface area (Å²) in [4.78, 5) is 6.88. The summed E-state index contributed by atoms with van der Waals surface area (Å²) in [5.74, 6) is 0.981. The number of ether oxygens (including phenoxy) is 2. The molecule has 2 heterocycles. The molecule has 3 rings (SSSR count). The number of hydrogen-bond donors (Lipinski definition) is 2. The van der Waals surface area contributed by atoms with E-state index in [-0.39, 0.29) is 5.54 Å². The lowest BCUT2D eigenvalue weighted by Gasteiger charge is -2.36. The van der Waals surface area contributed by atoms with Gasteiger partial charge in [0.15, 0.2) is 5.96 Å². The van der Waals surface area contributed by atoms with Gasteiger partial charge in [-0.3, -0.25) is 4.99 Å². The Morgan fingerprint density at radius 3 is 2.60 bits per heavy atom. The van der Waals surface area contributed by atoms with Crippen LogP contribution >= 0.6 is 0 Å². The van der Waals surface area contributed by atoms with E-state index in [2.05, 4.69) is 71.6 Å². The van der Waals surface area contributed by atoms with Crippen LogP contribution in [0.15, 0.2) is 35.3 Å². The van der Waals surface area contributed by atoms with Crippen LogP contribution in [0.5, 0.6) is 0 Å². The van der Waals surface area contributed by atoms with Crippen molar-refractivity contribution in [3.05, 3.63) is 35.9 Å². The van der Waals surface area contributed by atoms with Crippen LogP contribution in [0.1, 0.15) is 58.1 Å². The lowest BCUT2D eigenvalue weighted by molar-refractivity contribution is -0.0367. The summed E-state index contributed by atoms with van der Waals surface area (Å²) in [5.41, 5.74) is 1.24. The molecule has 0 amide bonds. The van der Waals surface area contributed by atoms with Gasteiger partial charge in [-0.1, -0.05) is 30.3 Å². The van der Waals surface area contributed by atoms with Crippen LogP contribution in [-0.2, 0) is 9.47 Å². The number of guanidine groups is 1. The van der Waals surface area contributed by atoms with Crippen molar-refractivity contribution in [1.29, 1.82) is 0 Å². The number of nitrogens with zero attached hydrogens (tertiary/aromatic N) is 2. The highest BCUT2D eigenvalue weighted by Gasteiger charge is 2.26. The first-order chi connectivity index (χ1) is 14.5. The summed E-state index contributed by atoms with van der Waals surface area (Å²) in [5, 5.41) is 7.32. The SMILES string of the molecule is CN=C(NCC(C)(C)NC(C)c1ccccc1)N1CCC(OCC2CCCO2)CC1. The van der Waals surface area contributed by atoms with Crippen molar-refractivity contribution in [2.45, 2.75) is 70.2 Å². The van der Waals surface area contributed by atoms with Crippen molar-refractivity contribution in [2.24, 2.45) is 4.99 Å². The normalized spacial score (nSPS) is 22.3. The van der Waals surface area contributed by atoms with Crippen LogP contribution in [0.4, 0.5) is 0 Å². The minimum atomic E-state index is -0.0616. The van der Waals surface area contributed by atoms with Gasteiger partial charge < -0.3 is 25.0 Å². The van der Waals surface area contributed by atoms with Crippen LogP contribution in [0, 0.1) is 0 Å². The maximum absolute atomic E-state index is 6.11. The zero-order valence-corrected chi connectivity index (χ0v) is 19.2. The average molecular weight is 417 g/mol. The fraction of sp³-hybridized carbons (Fsp3) is 0.708. The maximum Gasteiger partial charge on any atom is 0.193 e. The van der Waals surface area contributed by atoms with Crippen molar-refractivity contribution in [3.8, 4) is 0 Å². The quantitative estimate of drug-likeness (QED) is 0.503. The third-order valence-corrected chi connectivity index (χ3v) is 6.09. The summed E-state index contributed by atoms with van der Waals surface area (Å²) < 4.78 is 11.8. The van der Waals surface area contributed by atoms with E-state index < -0.39 is 0 Å². The van der Waals surface area contributed by atoms with Crippen molar-refractivity contribution in [3.63, 3.8) is 0 Å². The Balaban J connectivity index is 1.40. The van der Waals surface area contributed by atoms with Gasteiger partial charge in [-0.15, -0.1) is 0 Å².